The van der Waals surface area contributed by atoms with Crippen LogP contribution in [0.15, 0.2) is 6.20 Å². The Balaban J connectivity index is 1.73. The van der Waals surface area contributed by atoms with E-state index < -0.39 is 21.2 Å². The van der Waals surface area contributed by atoms with Crippen molar-refractivity contribution in [1.82, 2.24) is 14.3 Å². The first-order chi connectivity index (χ1) is 9.06. The molecule has 8 heteroatoms. The molecule has 104 valence electrons. The number of amides is 1. The van der Waals surface area contributed by atoms with Gasteiger partial charge in [0.1, 0.15) is 16.8 Å². The van der Waals surface area contributed by atoms with Gasteiger partial charge in [-0.3, -0.25) is 4.79 Å². The van der Waals surface area contributed by atoms with E-state index in [1.807, 2.05) is 4.57 Å². The van der Waals surface area contributed by atoms with Gasteiger partial charge in [-0.1, -0.05) is 0 Å². The molecule has 1 amide bonds. The molecule has 0 saturated carbocycles. The molecular formula is C11H15N3O4S. The van der Waals surface area contributed by atoms with Gasteiger partial charge in [-0.15, -0.1) is 0 Å². The van der Waals surface area contributed by atoms with Gasteiger partial charge in [0.05, 0.1) is 6.61 Å². The number of sulfonamides is 1. The molecule has 1 saturated heterocycles. The fraction of sp³-hybridized carbons (Fsp3) is 0.636. The summed E-state index contributed by atoms with van der Waals surface area (Å²) in [5.41, 5.74) is 0.164. The van der Waals surface area contributed by atoms with Crippen LogP contribution in [0.3, 0.4) is 0 Å². The smallest absolute Gasteiger partial charge is 0.284 e. The van der Waals surface area contributed by atoms with Gasteiger partial charge in [-0.2, -0.15) is 0 Å². The summed E-state index contributed by atoms with van der Waals surface area (Å²) in [6.07, 6.45) is 3.87. The van der Waals surface area contributed by atoms with Gasteiger partial charge < -0.3 is 9.30 Å². The lowest BCUT2D eigenvalue weighted by Gasteiger charge is -2.09. The summed E-state index contributed by atoms with van der Waals surface area (Å²) in [5.74, 6) is 0.181. The maximum atomic E-state index is 11.9. The highest BCUT2D eigenvalue weighted by molar-refractivity contribution is 7.90. The van der Waals surface area contributed by atoms with Crippen LogP contribution in [0, 0.1) is 0 Å². The molecule has 0 bridgehead atoms. The Morgan fingerprint density at radius 1 is 1.53 bits per heavy atom. The molecular weight excluding hydrogens is 270 g/mol. The first kappa shape index (κ1) is 12.6. The Morgan fingerprint density at radius 3 is 3.05 bits per heavy atom. The molecule has 0 radical (unpaired) electrons. The number of hydrogen-bond acceptors (Lipinski definition) is 5. The minimum atomic E-state index is -3.67. The predicted octanol–water partition coefficient (Wildman–Crippen LogP) is -0.322. The molecule has 1 atom stereocenters. The average molecular weight is 285 g/mol. The van der Waals surface area contributed by atoms with Gasteiger partial charge in [0.25, 0.3) is 5.91 Å². The van der Waals surface area contributed by atoms with Crippen LogP contribution in [0.5, 0.6) is 0 Å². The van der Waals surface area contributed by atoms with Crippen LogP contribution in [-0.2, 0) is 27.7 Å². The van der Waals surface area contributed by atoms with E-state index in [9.17, 15) is 13.2 Å². The van der Waals surface area contributed by atoms with E-state index in [0.717, 1.165) is 25.2 Å². The van der Waals surface area contributed by atoms with Crippen molar-refractivity contribution in [2.45, 2.75) is 31.1 Å². The number of rotatable bonds is 3. The Bertz CT molecular complexity index is 580. The van der Waals surface area contributed by atoms with Crippen molar-refractivity contribution in [2.24, 2.45) is 0 Å². The van der Waals surface area contributed by atoms with Gasteiger partial charge in [-0.25, -0.2) is 18.1 Å². The normalized spacial score (nSPS) is 22.4. The molecule has 0 aliphatic carbocycles. The second-order valence-electron chi connectivity index (χ2n) is 4.80. The second kappa shape index (κ2) is 4.61. The van der Waals surface area contributed by atoms with Crippen molar-refractivity contribution in [1.29, 1.82) is 0 Å². The highest BCUT2D eigenvalue weighted by Crippen LogP contribution is 2.16. The van der Waals surface area contributed by atoms with Crippen LogP contribution in [0.1, 0.15) is 29.2 Å². The molecule has 7 nitrogen and oxygen atoms in total. The molecule has 3 rings (SSSR count). The first-order valence-corrected chi connectivity index (χ1v) is 7.80. The number of aromatic nitrogens is 2. The third-order valence-corrected chi connectivity index (χ3v) is 5.17. The van der Waals surface area contributed by atoms with Crippen molar-refractivity contribution < 1.29 is 17.9 Å². The van der Waals surface area contributed by atoms with Gasteiger partial charge in [0.2, 0.25) is 10.0 Å². The van der Waals surface area contributed by atoms with Gasteiger partial charge in [-0.05, 0) is 12.8 Å². The van der Waals surface area contributed by atoms with Crippen LogP contribution in [0.25, 0.3) is 0 Å². The number of fused-ring (bicyclic) bond motifs is 1. The maximum Gasteiger partial charge on any atom is 0.284 e. The van der Waals surface area contributed by atoms with E-state index in [1.54, 1.807) is 6.20 Å². The van der Waals surface area contributed by atoms with E-state index in [2.05, 4.69) is 9.71 Å². The zero-order chi connectivity index (χ0) is 13.5. The first-order valence-electron chi connectivity index (χ1n) is 6.26. The summed E-state index contributed by atoms with van der Waals surface area (Å²) in [7, 11) is -3.67. The summed E-state index contributed by atoms with van der Waals surface area (Å²) in [5, 5.41) is -0.647. The number of carbonyl (C=O) groups excluding carboxylic acids is 1. The fourth-order valence-corrected chi connectivity index (χ4v) is 3.60. The van der Waals surface area contributed by atoms with E-state index >= 15 is 0 Å². The van der Waals surface area contributed by atoms with E-state index in [0.29, 0.717) is 13.0 Å². The maximum absolute atomic E-state index is 11.9. The van der Waals surface area contributed by atoms with Gasteiger partial charge >= 0.3 is 0 Å². The SMILES string of the molecule is O=C(NS(=O)(=O)C1CCOC1)c1cn2c(n1)CCC2. The Labute approximate surface area is 111 Å². The molecule has 1 aromatic rings. The molecule has 0 aromatic carbocycles. The molecule has 19 heavy (non-hydrogen) atoms. The number of hydrogen-bond donors (Lipinski definition) is 1. The zero-order valence-electron chi connectivity index (χ0n) is 10.3. The summed E-state index contributed by atoms with van der Waals surface area (Å²) < 4.78 is 32.9. The van der Waals surface area contributed by atoms with Crippen molar-refractivity contribution in [2.75, 3.05) is 13.2 Å². The molecule has 1 unspecified atom stereocenters. The molecule has 2 aliphatic rings. The average Bonchev–Trinajstić information content (AvgIpc) is 3.05. The largest absolute Gasteiger partial charge is 0.380 e. The topological polar surface area (TPSA) is 90.3 Å². The quantitative estimate of drug-likeness (QED) is 0.822. The highest BCUT2D eigenvalue weighted by atomic mass is 32.2. The van der Waals surface area contributed by atoms with Crippen molar-refractivity contribution in [3.63, 3.8) is 0 Å². The lowest BCUT2D eigenvalue weighted by molar-refractivity contribution is 0.0976. The van der Waals surface area contributed by atoms with Crippen molar-refractivity contribution >= 4 is 15.9 Å². The van der Waals surface area contributed by atoms with Crippen LogP contribution in [0.4, 0.5) is 0 Å². The summed E-state index contributed by atoms with van der Waals surface area (Å²) in [6, 6.07) is 0. The molecule has 1 fully saturated rings. The minimum absolute atomic E-state index is 0.141. The Hall–Kier alpha value is -1.41. The van der Waals surface area contributed by atoms with Crippen LogP contribution in [0.2, 0.25) is 0 Å². The lowest BCUT2D eigenvalue weighted by atomic mass is 10.3. The Morgan fingerprint density at radius 2 is 2.37 bits per heavy atom. The molecule has 2 aliphatic heterocycles. The Kier molecular flexibility index (Phi) is 3.06. The predicted molar refractivity (Wildman–Crippen MR) is 66.2 cm³/mol. The molecule has 3 heterocycles. The summed E-state index contributed by atoms with van der Waals surface area (Å²) in [4.78, 5) is 16.1. The minimum Gasteiger partial charge on any atom is -0.380 e. The number of nitrogens with one attached hydrogen (secondary N) is 1. The monoisotopic (exact) mass is 285 g/mol. The number of imidazole rings is 1. The fourth-order valence-electron chi connectivity index (χ4n) is 2.39. The second-order valence-corrected chi connectivity index (χ2v) is 6.76. The summed E-state index contributed by atoms with van der Waals surface area (Å²) >= 11 is 0. The van der Waals surface area contributed by atoms with E-state index in [-0.39, 0.29) is 12.3 Å². The number of carbonyl (C=O) groups is 1. The van der Waals surface area contributed by atoms with Crippen LogP contribution in [-0.4, -0.2) is 42.3 Å². The summed E-state index contributed by atoms with van der Waals surface area (Å²) in [6.45, 7) is 1.39. The van der Waals surface area contributed by atoms with Gasteiger partial charge in [0.15, 0.2) is 0 Å². The lowest BCUT2D eigenvalue weighted by Crippen LogP contribution is -2.38. The highest BCUT2D eigenvalue weighted by Gasteiger charge is 2.32. The zero-order valence-corrected chi connectivity index (χ0v) is 11.1. The van der Waals surface area contributed by atoms with Crippen molar-refractivity contribution in [3.05, 3.63) is 17.7 Å². The van der Waals surface area contributed by atoms with Crippen LogP contribution >= 0.6 is 0 Å². The number of aryl methyl sites for hydroxylation is 2. The molecule has 0 spiro atoms. The van der Waals surface area contributed by atoms with Crippen molar-refractivity contribution in [3.8, 4) is 0 Å². The van der Waals surface area contributed by atoms with E-state index in [1.165, 1.54) is 0 Å². The molecule has 1 N–H and O–H groups in total. The third kappa shape index (κ3) is 2.37. The molecule has 1 aromatic heterocycles. The standard InChI is InChI=1S/C11H15N3O4S/c15-11(9-6-14-4-1-2-10(14)12-9)13-19(16,17)8-3-5-18-7-8/h6,8H,1-5,7H2,(H,13,15). The van der Waals surface area contributed by atoms with E-state index in [4.69, 9.17) is 4.74 Å². The van der Waals surface area contributed by atoms with Crippen LogP contribution < -0.4 is 4.72 Å². The number of ether oxygens (including phenoxy) is 1. The third-order valence-electron chi connectivity index (χ3n) is 3.45. The van der Waals surface area contributed by atoms with Gasteiger partial charge in [0, 0.05) is 25.8 Å². The number of nitrogens with zero attached hydrogens (tertiary/aromatic N) is 2.